The zero-order chi connectivity index (χ0) is 28.0. The Morgan fingerprint density at radius 1 is 0.297 bits per heavy atom. The number of rotatable bonds is 24. The molecule has 226 valence electrons. The molecule has 0 aliphatic carbocycles. The molecule has 4 radical (unpaired) electrons. The molecular weight excluding hydrogens is 451 g/mol. The number of hydrogen-bond donors (Lipinski definition) is 0. The van der Waals surface area contributed by atoms with Gasteiger partial charge >= 0.3 is 0 Å². The Bertz CT molecular complexity index is 281. The van der Waals surface area contributed by atoms with E-state index in [1.54, 1.807) is 0 Å². The zero-order valence-corrected chi connectivity index (χ0v) is 27.9. The minimum atomic E-state index is 0. The molecule has 37 heavy (non-hydrogen) atoms. The average Bonchev–Trinajstić information content (AvgIpc) is 2.93. The zero-order valence-electron chi connectivity index (χ0n) is 27.9. The lowest BCUT2D eigenvalue weighted by Crippen LogP contribution is -2.50. The maximum atomic E-state index is 8.25. The van der Waals surface area contributed by atoms with Gasteiger partial charge in [0.05, 0.1) is 52.4 Å². The Morgan fingerprint density at radius 2 is 0.405 bits per heavy atom. The Balaban J connectivity index is -0.000000269. The van der Waals surface area contributed by atoms with Crippen molar-refractivity contribution in [2.75, 3.05) is 59.5 Å². The number of unbranched alkanes of at least 4 members (excludes halogenated alkanes) is 8. The van der Waals surface area contributed by atoms with Crippen LogP contribution in [-0.4, -0.2) is 76.8 Å². The molecule has 0 saturated heterocycles. The third-order valence-corrected chi connectivity index (χ3v) is 7.89. The van der Waals surface area contributed by atoms with Crippen LogP contribution >= 0.6 is 0 Å². The van der Waals surface area contributed by atoms with Gasteiger partial charge in [-0.2, -0.15) is 7.11 Å². The minimum absolute atomic E-state index is 0. The highest BCUT2D eigenvalue weighted by Crippen LogP contribution is 2.17. The number of quaternary nitrogens is 2. The lowest BCUT2D eigenvalue weighted by molar-refractivity contribution is -0.929. The molecule has 3 nitrogen and oxygen atoms in total. The smallest absolute Gasteiger partial charge is 0.0786 e. The quantitative estimate of drug-likeness (QED) is 0.0912. The first-order valence-electron chi connectivity index (χ1n) is 16.6. The van der Waals surface area contributed by atoms with Gasteiger partial charge < -0.3 is 22.5 Å². The van der Waals surface area contributed by atoms with E-state index in [2.05, 4.69) is 55.4 Å². The highest BCUT2D eigenvalue weighted by Gasteiger charge is 2.25. The topological polar surface area (TPSA) is 23.1 Å². The van der Waals surface area contributed by atoms with Crippen LogP contribution in [0.3, 0.4) is 0 Å². The summed E-state index contributed by atoms with van der Waals surface area (Å²) < 4.78 is 2.84. The van der Waals surface area contributed by atoms with E-state index in [1.807, 2.05) is 0 Å². The predicted octanol–water partition coefficient (Wildman–Crippen LogP) is 8.60. The molecular formula is C33H75BN2O. The fraction of sp³-hybridized carbons (Fsp3) is 1.00. The minimum Gasteiger partial charge on any atom is -1.00 e. The molecule has 0 spiro atoms. The van der Waals surface area contributed by atoms with Crippen molar-refractivity contribution in [2.45, 2.75) is 158 Å². The molecule has 0 aromatic heterocycles. The monoisotopic (exact) mass is 527 g/mol. The first kappa shape index (κ1) is 44.0. The lowest BCUT2D eigenvalue weighted by Gasteiger charge is -2.39. The van der Waals surface area contributed by atoms with Gasteiger partial charge in [0.15, 0.2) is 0 Å². The molecule has 0 unspecified atom stereocenters. The maximum absolute atomic E-state index is 8.25. The first-order chi connectivity index (χ1) is 17.5. The molecule has 0 aromatic rings. The summed E-state index contributed by atoms with van der Waals surface area (Å²) in [5.41, 5.74) is 0. The van der Waals surface area contributed by atoms with Crippen LogP contribution in [0, 0.1) is 0 Å². The molecule has 0 atom stereocenters. The maximum Gasteiger partial charge on any atom is 0.0786 e. The van der Waals surface area contributed by atoms with E-state index in [-0.39, 0.29) is 8.41 Å². The second-order valence-corrected chi connectivity index (χ2v) is 11.3. The van der Waals surface area contributed by atoms with E-state index in [0.29, 0.717) is 0 Å². The summed E-state index contributed by atoms with van der Waals surface area (Å²) in [4.78, 5) is 0. The van der Waals surface area contributed by atoms with Crippen LogP contribution in [0.15, 0.2) is 0 Å². The van der Waals surface area contributed by atoms with Gasteiger partial charge in [-0.15, -0.1) is 0 Å². The van der Waals surface area contributed by atoms with Gasteiger partial charge in [0, 0.05) is 0 Å². The van der Waals surface area contributed by atoms with Crippen molar-refractivity contribution in [1.82, 2.24) is 0 Å². The summed E-state index contributed by atoms with van der Waals surface area (Å²) in [5.74, 6) is 0. The van der Waals surface area contributed by atoms with Gasteiger partial charge in [-0.1, -0.05) is 107 Å². The molecule has 0 aliphatic heterocycles. The van der Waals surface area contributed by atoms with Crippen molar-refractivity contribution < 1.29 is 14.1 Å². The van der Waals surface area contributed by atoms with Gasteiger partial charge in [0.25, 0.3) is 0 Å². The standard InChI is InChI=1S/2C16H36N.CH3O.B/c2*1-5-9-13-17(14-10-6-2,15-11-7-3)16-12-8-4;1-2;/h2*5-16H2,1-4H3;1H3;/q2*+1;2*-1. The Morgan fingerprint density at radius 3 is 0.486 bits per heavy atom. The molecule has 0 rings (SSSR count). The number of nitrogens with zero attached hydrogens (tertiary/aromatic N) is 2. The third-order valence-electron chi connectivity index (χ3n) is 7.89. The molecule has 4 heteroatoms. The van der Waals surface area contributed by atoms with Crippen LogP contribution in [0.5, 0.6) is 0 Å². The second kappa shape index (κ2) is 34.0. The SMILES string of the molecule is CCCC[N+](CCCC)(CCCC)CCCC.CCCC[N+](CCCC)(CCCC)CCCC.C[O-].[B-]. The second-order valence-electron chi connectivity index (χ2n) is 11.3. The van der Waals surface area contributed by atoms with Crippen molar-refractivity contribution in [1.29, 1.82) is 0 Å². The summed E-state index contributed by atoms with van der Waals surface area (Å²) in [6.07, 6.45) is 22.1. The summed E-state index contributed by atoms with van der Waals surface area (Å²) >= 11 is 0. The fourth-order valence-electron chi connectivity index (χ4n) is 5.29. The summed E-state index contributed by atoms with van der Waals surface area (Å²) in [6, 6.07) is 0. The van der Waals surface area contributed by atoms with Crippen LogP contribution in [0.2, 0.25) is 0 Å². The van der Waals surface area contributed by atoms with Crippen molar-refractivity contribution in [3.8, 4) is 0 Å². The molecule has 0 amide bonds. The van der Waals surface area contributed by atoms with E-state index in [4.69, 9.17) is 5.11 Å². The van der Waals surface area contributed by atoms with Crippen LogP contribution in [0.4, 0.5) is 0 Å². The third kappa shape index (κ3) is 26.0. The van der Waals surface area contributed by atoms with Gasteiger partial charge in [-0.3, -0.25) is 0 Å². The normalized spacial score (nSPS) is 11.2. The highest BCUT2D eigenvalue weighted by molar-refractivity contribution is 5.75. The van der Waals surface area contributed by atoms with Crippen LogP contribution in [0.25, 0.3) is 0 Å². The van der Waals surface area contributed by atoms with Gasteiger partial charge in [0.1, 0.15) is 0 Å². The van der Waals surface area contributed by atoms with Crippen molar-refractivity contribution in [2.24, 2.45) is 0 Å². The Kier molecular flexibility index (Phi) is 40.4. The van der Waals surface area contributed by atoms with Crippen LogP contribution in [-0.2, 0) is 0 Å². The molecule has 0 aromatic carbocycles. The predicted molar refractivity (Wildman–Crippen MR) is 170 cm³/mol. The molecule has 0 aliphatic rings. The van der Waals surface area contributed by atoms with Gasteiger partial charge in [-0.05, 0) is 51.4 Å². The average molecular weight is 527 g/mol. The summed E-state index contributed by atoms with van der Waals surface area (Å²) in [7, 11) is 0.750. The fourth-order valence-corrected chi connectivity index (χ4v) is 5.29. The van der Waals surface area contributed by atoms with Gasteiger partial charge in [-0.25, -0.2) is 0 Å². The Hall–Kier alpha value is -0.0551. The molecule has 0 fully saturated rings. The lowest BCUT2D eigenvalue weighted by atomic mass is 10.1. The van der Waals surface area contributed by atoms with Crippen LogP contribution in [0.1, 0.15) is 158 Å². The largest absolute Gasteiger partial charge is 1.00 e. The van der Waals surface area contributed by atoms with E-state index < -0.39 is 0 Å². The van der Waals surface area contributed by atoms with E-state index >= 15 is 0 Å². The van der Waals surface area contributed by atoms with Crippen molar-refractivity contribution in [3.63, 3.8) is 0 Å². The summed E-state index contributed by atoms with van der Waals surface area (Å²) in [6.45, 7) is 30.0. The number of hydrogen-bond acceptors (Lipinski definition) is 1. The van der Waals surface area contributed by atoms with Crippen molar-refractivity contribution in [3.05, 3.63) is 0 Å². The molecule has 0 saturated carbocycles. The van der Waals surface area contributed by atoms with Crippen molar-refractivity contribution >= 4 is 8.41 Å². The highest BCUT2D eigenvalue weighted by atomic mass is 16.2. The molecule has 0 bridgehead atoms. The van der Waals surface area contributed by atoms with E-state index in [1.165, 1.54) is 164 Å². The first-order valence-corrected chi connectivity index (χ1v) is 16.6. The molecule has 0 N–H and O–H groups in total. The summed E-state index contributed by atoms with van der Waals surface area (Å²) in [5, 5.41) is 8.25. The van der Waals surface area contributed by atoms with E-state index in [9.17, 15) is 0 Å². The Labute approximate surface area is 239 Å². The molecule has 0 heterocycles. The van der Waals surface area contributed by atoms with Crippen LogP contribution < -0.4 is 5.11 Å². The van der Waals surface area contributed by atoms with E-state index in [0.717, 1.165) is 7.11 Å². The van der Waals surface area contributed by atoms with Gasteiger partial charge in [0.2, 0.25) is 0 Å².